The summed E-state index contributed by atoms with van der Waals surface area (Å²) in [6.45, 7) is 0. The fourth-order valence-corrected chi connectivity index (χ4v) is 3.12. The second kappa shape index (κ2) is 6.41. The standard InChI is InChI=1S/C15H12Br2O3/c1-19-12-3-4-13(14(8-12)20-2)15(18)9-5-10(16)7-11(17)6-9/h3-8H,1-2H3. The van der Waals surface area contributed by atoms with Crippen LogP contribution >= 0.6 is 31.9 Å². The van der Waals surface area contributed by atoms with Crippen LogP contribution in [0.1, 0.15) is 15.9 Å². The van der Waals surface area contributed by atoms with Crippen molar-refractivity contribution in [3.05, 3.63) is 56.5 Å². The third-order valence-electron chi connectivity index (χ3n) is 2.78. The van der Waals surface area contributed by atoms with Crippen LogP contribution in [-0.2, 0) is 0 Å². The molecule has 20 heavy (non-hydrogen) atoms. The van der Waals surface area contributed by atoms with Gasteiger partial charge in [-0.15, -0.1) is 0 Å². The third-order valence-corrected chi connectivity index (χ3v) is 3.69. The average Bonchev–Trinajstić information content (AvgIpc) is 2.44. The first-order valence-electron chi connectivity index (χ1n) is 5.78. The van der Waals surface area contributed by atoms with Gasteiger partial charge in [0.1, 0.15) is 11.5 Å². The van der Waals surface area contributed by atoms with Gasteiger partial charge in [-0.2, -0.15) is 0 Å². The van der Waals surface area contributed by atoms with Gasteiger partial charge in [0.15, 0.2) is 5.78 Å². The third kappa shape index (κ3) is 3.22. The van der Waals surface area contributed by atoms with E-state index in [-0.39, 0.29) is 5.78 Å². The van der Waals surface area contributed by atoms with Crippen molar-refractivity contribution in [2.45, 2.75) is 0 Å². The van der Waals surface area contributed by atoms with Crippen molar-refractivity contribution in [2.24, 2.45) is 0 Å². The van der Waals surface area contributed by atoms with Gasteiger partial charge in [-0.3, -0.25) is 4.79 Å². The van der Waals surface area contributed by atoms with Gasteiger partial charge >= 0.3 is 0 Å². The lowest BCUT2D eigenvalue weighted by Gasteiger charge is -2.10. The maximum atomic E-state index is 12.6. The molecule has 0 aliphatic rings. The Hall–Kier alpha value is -1.33. The first kappa shape index (κ1) is 15.1. The van der Waals surface area contributed by atoms with Gasteiger partial charge in [0.05, 0.1) is 19.8 Å². The number of ketones is 1. The molecule has 0 aromatic heterocycles. The predicted molar refractivity (Wildman–Crippen MR) is 84.8 cm³/mol. The Labute approximate surface area is 134 Å². The molecule has 0 spiro atoms. The summed E-state index contributed by atoms with van der Waals surface area (Å²) < 4.78 is 12.1. The first-order valence-corrected chi connectivity index (χ1v) is 7.36. The molecule has 0 bridgehead atoms. The van der Waals surface area contributed by atoms with Gasteiger partial charge in [-0.1, -0.05) is 31.9 Å². The lowest BCUT2D eigenvalue weighted by Crippen LogP contribution is -2.04. The van der Waals surface area contributed by atoms with Crippen LogP contribution in [0.25, 0.3) is 0 Å². The highest BCUT2D eigenvalue weighted by atomic mass is 79.9. The Morgan fingerprint density at radius 1 is 0.950 bits per heavy atom. The van der Waals surface area contributed by atoms with E-state index in [1.165, 1.54) is 7.11 Å². The molecule has 2 aromatic carbocycles. The van der Waals surface area contributed by atoms with E-state index >= 15 is 0 Å². The fraction of sp³-hybridized carbons (Fsp3) is 0.133. The van der Waals surface area contributed by atoms with Gasteiger partial charge in [0.25, 0.3) is 0 Å². The summed E-state index contributed by atoms with van der Waals surface area (Å²) in [4.78, 5) is 12.6. The van der Waals surface area contributed by atoms with E-state index in [1.54, 1.807) is 37.4 Å². The second-order valence-electron chi connectivity index (χ2n) is 4.05. The van der Waals surface area contributed by atoms with Crippen LogP contribution in [0.5, 0.6) is 11.5 Å². The Morgan fingerprint density at radius 3 is 2.15 bits per heavy atom. The summed E-state index contributed by atoms with van der Waals surface area (Å²) in [5.41, 5.74) is 1.08. The first-order chi connectivity index (χ1) is 9.55. The Bertz CT molecular complexity index is 633. The molecule has 5 heteroatoms. The van der Waals surface area contributed by atoms with Gasteiger partial charge in [0.2, 0.25) is 0 Å². The summed E-state index contributed by atoms with van der Waals surface area (Å²) in [5, 5.41) is 0. The minimum atomic E-state index is -0.105. The Kier molecular flexibility index (Phi) is 4.83. The maximum absolute atomic E-state index is 12.6. The van der Waals surface area contributed by atoms with E-state index in [2.05, 4.69) is 31.9 Å². The number of carbonyl (C=O) groups is 1. The number of methoxy groups -OCH3 is 2. The second-order valence-corrected chi connectivity index (χ2v) is 5.88. The van der Waals surface area contributed by atoms with Gasteiger partial charge in [-0.05, 0) is 30.3 Å². The monoisotopic (exact) mass is 398 g/mol. The summed E-state index contributed by atoms with van der Waals surface area (Å²) >= 11 is 6.76. The lowest BCUT2D eigenvalue weighted by atomic mass is 10.0. The largest absolute Gasteiger partial charge is 0.497 e. The van der Waals surface area contributed by atoms with Crippen molar-refractivity contribution >= 4 is 37.6 Å². The molecule has 104 valence electrons. The summed E-state index contributed by atoms with van der Waals surface area (Å²) in [7, 11) is 3.10. The van der Waals surface area contributed by atoms with Gasteiger partial charge in [0, 0.05) is 20.6 Å². The minimum absolute atomic E-state index is 0.105. The highest BCUT2D eigenvalue weighted by molar-refractivity contribution is 9.11. The molecule has 0 unspecified atom stereocenters. The van der Waals surface area contributed by atoms with Crippen LogP contribution in [0.3, 0.4) is 0 Å². The molecule has 2 rings (SSSR count). The molecule has 0 atom stereocenters. The van der Waals surface area contributed by atoms with Crippen molar-refractivity contribution < 1.29 is 14.3 Å². The lowest BCUT2D eigenvalue weighted by molar-refractivity contribution is 0.103. The van der Waals surface area contributed by atoms with E-state index in [9.17, 15) is 4.79 Å². The number of halogens is 2. The van der Waals surface area contributed by atoms with Crippen LogP contribution in [0.15, 0.2) is 45.3 Å². The van der Waals surface area contributed by atoms with E-state index in [0.717, 1.165) is 8.95 Å². The number of ether oxygens (including phenoxy) is 2. The molecule has 0 radical (unpaired) electrons. The highest BCUT2D eigenvalue weighted by Gasteiger charge is 2.16. The quantitative estimate of drug-likeness (QED) is 0.712. The smallest absolute Gasteiger partial charge is 0.196 e. The zero-order valence-electron chi connectivity index (χ0n) is 10.9. The Balaban J connectivity index is 2.47. The van der Waals surface area contributed by atoms with E-state index < -0.39 is 0 Å². The van der Waals surface area contributed by atoms with Gasteiger partial charge in [-0.25, -0.2) is 0 Å². The van der Waals surface area contributed by atoms with Crippen LogP contribution in [0.2, 0.25) is 0 Å². The molecule has 0 heterocycles. The fourth-order valence-electron chi connectivity index (χ4n) is 1.83. The Morgan fingerprint density at radius 2 is 1.60 bits per heavy atom. The van der Waals surface area contributed by atoms with Crippen molar-refractivity contribution in [1.29, 1.82) is 0 Å². The van der Waals surface area contributed by atoms with E-state index in [1.807, 2.05) is 6.07 Å². The average molecular weight is 400 g/mol. The molecular weight excluding hydrogens is 388 g/mol. The zero-order chi connectivity index (χ0) is 14.7. The number of benzene rings is 2. The molecule has 2 aromatic rings. The van der Waals surface area contributed by atoms with Crippen molar-refractivity contribution in [3.8, 4) is 11.5 Å². The molecular formula is C15H12Br2O3. The summed E-state index contributed by atoms with van der Waals surface area (Å²) in [6.07, 6.45) is 0. The van der Waals surface area contributed by atoms with Crippen LogP contribution in [0, 0.1) is 0 Å². The molecule has 0 N–H and O–H groups in total. The van der Waals surface area contributed by atoms with E-state index in [0.29, 0.717) is 22.6 Å². The summed E-state index contributed by atoms with van der Waals surface area (Å²) in [5.74, 6) is 1.03. The normalized spacial score (nSPS) is 10.2. The maximum Gasteiger partial charge on any atom is 0.196 e. The van der Waals surface area contributed by atoms with E-state index in [4.69, 9.17) is 9.47 Å². The number of rotatable bonds is 4. The molecule has 0 saturated heterocycles. The molecule has 0 aliphatic carbocycles. The molecule has 0 fully saturated rings. The van der Waals surface area contributed by atoms with Crippen molar-refractivity contribution in [1.82, 2.24) is 0 Å². The van der Waals surface area contributed by atoms with Crippen LogP contribution < -0.4 is 9.47 Å². The van der Waals surface area contributed by atoms with Crippen LogP contribution in [-0.4, -0.2) is 20.0 Å². The molecule has 0 aliphatic heterocycles. The minimum Gasteiger partial charge on any atom is -0.497 e. The number of hydrogen-bond acceptors (Lipinski definition) is 3. The highest BCUT2D eigenvalue weighted by Crippen LogP contribution is 2.28. The molecule has 3 nitrogen and oxygen atoms in total. The predicted octanol–water partition coefficient (Wildman–Crippen LogP) is 4.46. The SMILES string of the molecule is COc1ccc(C(=O)c2cc(Br)cc(Br)c2)c(OC)c1. The summed E-state index contributed by atoms with van der Waals surface area (Å²) in [6, 6.07) is 10.6. The topological polar surface area (TPSA) is 35.5 Å². The number of hydrogen-bond donors (Lipinski definition) is 0. The number of carbonyl (C=O) groups excluding carboxylic acids is 1. The van der Waals surface area contributed by atoms with Crippen molar-refractivity contribution in [2.75, 3.05) is 14.2 Å². The molecule has 0 saturated carbocycles. The van der Waals surface area contributed by atoms with Crippen LogP contribution in [0.4, 0.5) is 0 Å². The van der Waals surface area contributed by atoms with Crippen molar-refractivity contribution in [3.63, 3.8) is 0 Å². The van der Waals surface area contributed by atoms with Gasteiger partial charge < -0.3 is 9.47 Å². The molecule has 0 amide bonds. The zero-order valence-corrected chi connectivity index (χ0v) is 14.1.